The van der Waals surface area contributed by atoms with Crippen LogP contribution in [0.1, 0.15) is 43.4 Å². The molecule has 2 aliphatic heterocycles. The van der Waals surface area contributed by atoms with E-state index in [0.717, 1.165) is 29.5 Å². The van der Waals surface area contributed by atoms with Crippen molar-refractivity contribution in [1.29, 1.82) is 0 Å². The summed E-state index contributed by atoms with van der Waals surface area (Å²) in [4.78, 5) is 17.9. The van der Waals surface area contributed by atoms with E-state index < -0.39 is 15.3 Å². The highest BCUT2D eigenvalue weighted by molar-refractivity contribution is 7.89. The summed E-state index contributed by atoms with van der Waals surface area (Å²) >= 11 is 0. The number of aromatic nitrogens is 1. The number of pyridine rings is 1. The minimum Gasteiger partial charge on any atom is -0.325 e. The van der Waals surface area contributed by atoms with E-state index in [1.165, 1.54) is 25.9 Å². The van der Waals surface area contributed by atoms with Crippen molar-refractivity contribution in [3.63, 3.8) is 0 Å². The fraction of sp³-hybridized carbons (Fsp3) is 0.591. The maximum atomic E-state index is 13.4. The Morgan fingerprint density at radius 3 is 2.34 bits per heavy atom. The fourth-order valence-corrected chi connectivity index (χ4v) is 7.44. The van der Waals surface area contributed by atoms with Gasteiger partial charge >= 0.3 is 0 Å². The highest BCUT2D eigenvalue weighted by atomic mass is 32.2. The molecule has 29 heavy (non-hydrogen) atoms. The van der Waals surface area contributed by atoms with E-state index in [1.54, 1.807) is 4.31 Å². The summed E-state index contributed by atoms with van der Waals surface area (Å²) in [7, 11) is -3.33. The van der Waals surface area contributed by atoms with Gasteiger partial charge in [0.15, 0.2) is 0 Å². The lowest BCUT2D eigenvalue weighted by Gasteiger charge is -2.38. The number of sulfonamides is 1. The molecule has 0 spiro atoms. The van der Waals surface area contributed by atoms with Crippen LogP contribution in [-0.2, 0) is 22.9 Å². The Labute approximate surface area is 172 Å². The number of aromatic amines is 1. The molecule has 156 valence electrons. The summed E-state index contributed by atoms with van der Waals surface area (Å²) in [6.45, 7) is 3.61. The van der Waals surface area contributed by atoms with Gasteiger partial charge in [0.05, 0.1) is 5.25 Å². The van der Waals surface area contributed by atoms with Crippen molar-refractivity contribution in [1.82, 2.24) is 14.2 Å². The molecule has 1 aliphatic carbocycles. The summed E-state index contributed by atoms with van der Waals surface area (Å²) in [5.74, 6) is 0. The predicted octanol–water partition coefficient (Wildman–Crippen LogP) is 2.28. The maximum Gasteiger partial charge on any atom is 0.256 e. The first-order chi connectivity index (χ1) is 14.0. The third kappa shape index (κ3) is 3.43. The molecule has 2 saturated heterocycles. The van der Waals surface area contributed by atoms with Gasteiger partial charge in [-0.1, -0.05) is 18.2 Å². The fourth-order valence-electron chi connectivity index (χ4n) is 5.50. The minimum absolute atomic E-state index is 0.0790. The van der Waals surface area contributed by atoms with Crippen LogP contribution in [0.15, 0.2) is 29.1 Å². The van der Waals surface area contributed by atoms with Gasteiger partial charge < -0.3 is 9.88 Å². The molecule has 3 heterocycles. The molecule has 1 atom stereocenters. The molecule has 1 N–H and O–H groups in total. The zero-order valence-electron chi connectivity index (χ0n) is 16.8. The van der Waals surface area contributed by atoms with Gasteiger partial charge in [0.1, 0.15) is 0 Å². The molecule has 1 unspecified atom stereocenters. The van der Waals surface area contributed by atoms with Crippen molar-refractivity contribution in [3.8, 4) is 0 Å². The molecule has 0 saturated carbocycles. The van der Waals surface area contributed by atoms with E-state index in [9.17, 15) is 13.2 Å². The van der Waals surface area contributed by atoms with Crippen molar-refractivity contribution in [2.24, 2.45) is 0 Å². The summed E-state index contributed by atoms with van der Waals surface area (Å²) in [6, 6.07) is 8.08. The van der Waals surface area contributed by atoms with E-state index in [-0.39, 0.29) is 5.56 Å². The van der Waals surface area contributed by atoms with Gasteiger partial charge in [-0.25, -0.2) is 12.7 Å². The minimum atomic E-state index is -3.33. The molecular weight excluding hydrogens is 386 g/mol. The summed E-state index contributed by atoms with van der Waals surface area (Å²) in [5, 5.41) is 1.15. The first kappa shape index (κ1) is 19.3. The Kier molecular flexibility index (Phi) is 5.00. The van der Waals surface area contributed by atoms with Crippen LogP contribution in [0.25, 0.3) is 10.8 Å². The number of aryl methyl sites for hydroxylation is 1. The third-order valence-corrected chi connectivity index (χ3v) is 9.47. The molecule has 5 rings (SSSR count). The first-order valence-electron chi connectivity index (χ1n) is 10.9. The molecule has 1 aromatic heterocycles. The molecular formula is C22H29N3O3S. The van der Waals surface area contributed by atoms with Crippen LogP contribution in [0.4, 0.5) is 0 Å². The van der Waals surface area contributed by atoms with Crippen LogP contribution in [0, 0.1) is 0 Å². The molecule has 0 amide bonds. The Morgan fingerprint density at radius 1 is 0.931 bits per heavy atom. The number of piperidine rings is 1. The van der Waals surface area contributed by atoms with Gasteiger partial charge in [-0.3, -0.25) is 4.79 Å². The van der Waals surface area contributed by atoms with Crippen LogP contribution >= 0.6 is 0 Å². The van der Waals surface area contributed by atoms with Gasteiger partial charge in [-0.15, -0.1) is 0 Å². The van der Waals surface area contributed by atoms with Crippen molar-refractivity contribution < 1.29 is 8.42 Å². The monoisotopic (exact) mass is 415 g/mol. The molecule has 3 aliphatic rings. The van der Waals surface area contributed by atoms with Gasteiger partial charge in [-0.2, -0.15) is 0 Å². The average molecular weight is 416 g/mol. The van der Waals surface area contributed by atoms with Gasteiger partial charge in [0.2, 0.25) is 10.0 Å². The van der Waals surface area contributed by atoms with Gasteiger partial charge in [0, 0.05) is 30.2 Å². The number of benzene rings is 1. The highest BCUT2D eigenvalue weighted by Crippen LogP contribution is 2.31. The number of likely N-dealkylation sites (tertiary alicyclic amines) is 1. The molecule has 6 nitrogen and oxygen atoms in total. The van der Waals surface area contributed by atoms with Crippen molar-refractivity contribution >= 4 is 20.8 Å². The SMILES string of the molecule is O=c1[nH]c2c(c3ccccc13)CC(S(=O)(=O)N1CCC(N3CCCC3)CC1)CC2. The van der Waals surface area contributed by atoms with Gasteiger partial charge in [-0.05, 0) is 75.1 Å². The Morgan fingerprint density at radius 2 is 1.62 bits per heavy atom. The van der Waals surface area contributed by atoms with Crippen LogP contribution in [0.5, 0.6) is 0 Å². The molecule has 1 aromatic carbocycles. The second kappa shape index (κ2) is 7.52. The van der Waals surface area contributed by atoms with E-state index in [2.05, 4.69) is 9.88 Å². The summed E-state index contributed by atoms with van der Waals surface area (Å²) in [5.41, 5.74) is 1.84. The number of nitrogens with one attached hydrogen (secondary N) is 1. The molecule has 7 heteroatoms. The van der Waals surface area contributed by atoms with Crippen molar-refractivity contribution in [3.05, 3.63) is 45.9 Å². The lowest BCUT2D eigenvalue weighted by molar-refractivity contribution is 0.167. The van der Waals surface area contributed by atoms with Crippen LogP contribution in [0.3, 0.4) is 0 Å². The normalized spacial score (nSPS) is 24.8. The largest absolute Gasteiger partial charge is 0.325 e. The third-order valence-electron chi connectivity index (χ3n) is 7.14. The molecule has 2 aromatic rings. The summed E-state index contributed by atoms with van der Waals surface area (Å²) in [6.07, 6.45) is 6.11. The van der Waals surface area contributed by atoms with Crippen LogP contribution < -0.4 is 5.56 Å². The lowest BCUT2D eigenvalue weighted by atomic mass is 9.91. The van der Waals surface area contributed by atoms with E-state index >= 15 is 0 Å². The number of H-pyrrole nitrogens is 1. The quantitative estimate of drug-likeness (QED) is 0.835. The number of nitrogens with zero attached hydrogens (tertiary/aromatic N) is 2. The van der Waals surface area contributed by atoms with E-state index in [0.29, 0.717) is 43.8 Å². The first-order valence-corrected chi connectivity index (χ1v) is 12.4. The van der Waals surface area contributed by atoms with E-state index in [4.69, 9.17) is 0 Å². The number of rotatable bonds is 3. The topological polar surface area (TPSA) is 73.5 Å². The van der Waals surface area contributed by atoms with Crippen LogP contribution in [-0.4, -0.2) is 60.1 Å². The average Bonchev–Trinajstić information content (AvgIpc) is 3.29. The second-order valence-electron chi connectivity index (χ2n) is 8.74. The standard InChI is InChI=1S/C22H29N3O3S/c26-22-19-6-2-1-5-18(19)20-15-17(7-8-21(20)23-22)29(27,28)25-13-9-16(10-14-25)24-11-3-4-12-24/h1-2,5-6,16-17H,3-4,7-15H2,(H,23,26). The molecule has 0 bridgehead atoms. The zero-order valence-corrected chi connectivity index (χ0v) is 17.6. The maximum absolute atomic E-state index is 13.4. The lowest BCUT2D eigenvalue weighted by Crippen LogP contribution is -2.49. The Hall–Kier alpha value is -1.70. The molecule has 0 radical (unpaired) electrons. The van der Waals surface area contributed by atoms with Crippen LogP contribution in [0.2, 0.25) is 0 Å². The predicted molar refractivity (Wildman–Crippen MR) is 115 cm³/mol. The van der Waals surface area contributed by atoms with Crippen molar-refractivity contribution in [2.75, 3.05) is 26.2 Å². The zero-order chi connectivity index (χ0) is 20.0. The number of hydrogen-bond acceptors (Lipinski definition) is 4. The van der Waals surface area contributed by atoms with Gasteiger partial charge in [0.25, 0.3) is 5.56 Å². The summed E-state index contributed by atoms with van der Waals surface area (Å²) < 4.78 is 28.6. The smallest absolute Gasteiger partial charge is 0.256 e. The highest BCUT2D eigenvalue weighted by Gasteiger charge is 2.38. The number of fused-ring (bicyclic) bond motifs is 3. The number of hydrogen-bond donors (Lipinski definition) is 1. The second-order valence-corrected chi connectivity index (χ2v) is 11.0. The molecule has 2 fully saturated rings. The van der Waals surface area contributed by atoms with E-state index in [1.807, 2.05) is 24.3 Å². The Bertz CT molecular complexity index is 1060. The Balaban J connectivity index is 1.36. The van der Waals surface area contributed by atoms with Crippen molar-refractivity contribution in [2.45, 2.75) is 56.2 Å².